The molecule has 5 heteroatoms. The molecule has 0 amide bonds. The van der Waals surface area contributed by atoms with Crippen LogP contribution < -0.4 is 14.8 Å². The molecule has 0 spiro atoms. The second kappa shape index (κ2) is 9.65. The fraction of sp³-hybridized carbons (Fsp3) is 0.217. The first-order valence-electron chi connectivity index (χ1n) is 9.01. The highest BCUT2D eigenvalue weighted by atomic mass is 127. The number of benzene rings is 3. The summed E-state index contributed by atoms with van der Waals surface area (Å²) in [4.78, 5) is 0. The summed E-state index contributed by atoms with van der Waals surface area (Å²) in [5.41, 5.74) is 5.85. The van der Waals surface area contributed by atoms with Gasteiger partial charge in [0.2, 0.25) is 0 Å². The topological polar surface area (TPSA) is 30.5 Å². The molecule has 0 heterocycles. The number of aryl methyl sites for hydroxylation is 2. The maximum absolute atomic E-state index is 6.08. The fourth-order valence-corrected chi connectivity index (χ4v) is 4.17. The Bertz CT molecular complexity index is 958. The molecule has 0 aliphatic heterocycles. The molecule has 3 aromatic carbocycles. The highest BCUT2D eigenvalue weighted by molar-refractivity contribution is 14.1. The van der Waals surface area contributed by atoms with Crippen LogP contribution in [0.2, 0.25) is 0 Å². The lowest BCUT2D eigenvalue weighted by Gasteiger charge is -2.16. The molecule has 3 aromatic rings. The van der Waals surface area contributed by atoms with Gasteiger partial charge in [-0.25, -0.2) is 0 Å². The van der Waals surface area contributed by atoms with Crippen molar-refractivity contribution in [3.05, 3.63) is 84.9 Å². The van der Waals surface area contributed by atoms with Gasteiger partial charge in [0.1, 0.15) is 6.61 Å². The van der Waals surface area contributed by atoms with Gasteiger partial charge in [0.15, 0.2) is 11.5 Å². The predicted molar refractivity (Wildman–Crippen MR) is 127 cm³/mol. The molecule has 0 aromatic heterocycles. The molecule has 0 fully saturated rings. The number of ether oxygens (including phenoxy) is 2. The molecule has 0 unspecified atom stereocenters. The molecular formula is C23H23BrINO2. The first kappa shape index (κ1) is 21.0. The van der Waals surface area contributed by atoms with Crippen LogP contribution in [0, 0.1) is 17.4 Å². The minimum absolute atomic E-state index is 0.516. The second-order valence-corrected chi connectivity index (χ2v) is 8.77. The van der Waals surface area contributed by atoms with E-state index in [0.717, 1.165) is 36.4 Å². The van der Waals surface area contributed by atoms with E-state index in [1.165, 1.54) is 11.1 Å². The Kier molecular flexibility index (Phi) is 7.24. The van der Waals surface area contributed by atoms with Crippen molar-refractivity contribution in [3.8, 4) is 11.5 Å². The monoisotopic (exact) mass is 551 g/mol. The lowest BCUT2D eigenvalue weighted by Crippen LogP contribution is -2.04. The van der Waals surface area contributed by atoms with Gasteiger partial charge in [0.25, 0.3) is 0 Å². The minimum atomic E-state index is 0.516. The number of rotatable bonds is 7. The van der Waals surface area contributed by atoms with Crippen molar-refractivity contribution in [2.24, 2.45) is 0 Å². The van der Waals surface area contributed by atoms with E-state index < -0.39 is 0 Å². The number of hydrogen-bond acceptors (Lipinski definition) is 3. The lowest BCUT2D eigenvalue weighted by molar-refractivity contribution is 0.282. The zero-order valence-electron chi connectivity index (χ0n) is 16.2. The first-order chi connectivity index (χ1) is 13.5. The number of anilines is 1. The molecular weight excluding hydrogens is 529 g/mol. The minimum Gasteiger partial charge on any atom is -0.493 e. The normalized spacial score (nSPS) is 10.6. The fourth-order valence-electron chi connectivity index (χ4n) is 2.88. The molecule has 0 aliphatic rings. The highest BCUT2D eigenvalue weighted by Crippen LogP contribution is 2.35. The molecule has 0 radical (unpaired) electrons. The first-order valence-corrected chi connectivity index (χ1v) is 10.9. The van der Waals surface area contributed by atoms with Crippen LogP contribution in [0.1, 0.15) is 22.3 Å². The van der Waals surface area contributed by atoms with Crippen LogP contribution in [0.25, 0.3) is 0 Å². The molecule has 28 heavy (non-hydrogen) atoms. The zero-order valence-corrected chi connectivity index (χ0v) is 19.9. The van der Waals surface area contributed by atoms with E-state index in [4.69, 9.17) is 9.47 Å². The summed E-state index contributed by atoms with van der Waals surface area (Å²) in [6.07, 6.45) is 0. The van der Waals surface area contributed by atoms with Gasteiger partial charge in [-0.05, 0) is 83.5 Å². The van der Waals surface area contributed by atoms with Crippen LogP contribution in [-0.4, -0.2) is 7.11 Å². The summed E-state index contributed by atoms with van der Waals surface area (Å²) >= 11 is 5.81. The van der Waals surface area contributed by atoms with E-state index in [1.807, 2.05) is 12.1 Å². The Balaban J connectivity index is 1.72. The highest BCUT2D eigenvalue weighted by Gasteiger charge is 2.12. The van der Waals surface area contributed by atoms with E-state index in [-0.39, 0.29) is 0 Å². The quantitative estimate of drug-likeness (QED) is 0.325. The Morgan fingerprint density at radius 2 is 1.71 bits per heavy atom. The van der Waals surface area contributed by atoms with Crippen LogP contribution >= 0.6 is 38.5 Å². The number of hydrogen-bond donors (Lipinski definition) is 1. The third-order valence-corrected chi connectivity index (χ3v) is 5.76. The Morgan fingerprint density at radius 1 is 0.964 bits per heavy atom. The molecule has 0 saturated heterocycles. The van der Waals surface area contributed by atoms with Crippen LogP contribution in [0.4, 0.5) is 5.69 Å². The van der Waals surface area contributed by atoms with Gasteiger partial charge in [0, 0.05) is 16.7 Å². The van der Waals surface area contributed by atoms with Gasteiger partial charge in [-0.3, -0.25) is 0 Å². The van der Waals surface area contributed by atoms with E-state index >= 15 is 0 Å². The maximum Gasteiger partial charge on any atom is 0.174 e. The third kappa shape index (κ3) is 5.41. The number of halogens is 2. The Labute approximate surface area is 188 Å². The Hall–Kier alpha value is -1.73. The van der Waals surface area contributed by atoms with Gasteiger partial charge in [-0.1, -0.05) is 45.8 Å². The standard InChI is InChI=1S/C23H23BrINO2/c1-15-4-6-17(7-5-15)14-28-23-20(25)11-18(12-22(23)27-3)13-26-21-9-8-19(24)10-16(21)2/h4-12,26H,13-14H2,1-3H3. The van der Waals surface area contributed by atoms with Gasteiger partial charge < -0.3 is 14.8 Å². The number of methoxy groups -OCH3 is 1. The molecule has 0 bridgehead atoms. The SMILES string of the molecule is COc1cc(CNc2ccc(Br)cc2C)cc(I)c1OCc1ccc(C)cc1. The smallest absolute Gasteiger partial charge is 0.174 e. The molecule has 0 saturated carbocycles. The van der Waals surface area contributed by atoms with Crippen LogP contribution in [0.3, 0.4) is 0 Å². The van der Waals surface area contributed by atoms with Gasteiger partial charge >= 0.3 is 0 Å². The molecule has 0 atom stereocenters. The van der Waals surface area contributed by atoms with Crippen molar-refractivity contribution < 1.29 is 9.47 Å². The van der Waals surface area contributed by atoms with Crippen LogP contribution in [0.5, 0.6) is 11.5 Å². The van der Waals surface area contributed by atoms with Crippen molar-refractivity contribution in [2.75, 3.05) is 12.4 Å². The van der Waals surface area contributed by atoms with Crippen LogP contribution in [0.15, 0.2) is 59.1 Å². The maximum atomic E-state index is 6.08. The summed E-state index contributed by atoms with van der Waals surface area (Å²) in [6, 6.07) is 18.8. The van der Waals surface area contributed by atoms with Crippen molar-refractivity contribution in [3.63, 3.8) is 0 Å². The summed E-state index contributed by atoms with van der Waals surface area (Å²) in [6.45, 7) is 5.41. The van der Waals surface area contributed by atoms with Crippen molar-refractivity contribution in [2.45, 2.75) is 27.0 Å². The Morgan fingerprint density at radius 3 is 2.39 bits per heavy atom. The summed E-state index contributed by atoms with van der Waals surface area (Å²) in [5.74, 6) is 1.54. The van der Waals surface area contributed by atoms with E-state index in [0.29, 0.717) is 13.2 Å². The summed E-state index contributed by atoms with van der Waals surface area (Å²) in [5, 5.41) is 3.50. The van der Waals surface area contributed by atoms with Gasteiger partial charge in [0.05, 0.1) is 10.7 Å². The van der Waals surface area contributed by atoms with Crippen molar-refractivity contribution in [1.29, 1.82) is 0 Å². The van der Waals surface area contributed by atoms with E-state index in [9.17, 15) is 0 Å². The van der Waals surface area contributed by atoms with Gasteiger partial charge in [-0.15, -0.1) is 0 Å². The average molecular weight is 552 g/mol. The van der Waals surface area contributed by atoms with Crippen molar-refractivity contribution in [1.82, 2.24) is 0 Å². The predicted octanol–water partition coefficient (Wildman–Crippen LogP) is 6.87. The van der Waals surface area contributed by atoms with E-state index in [1.54, 1.807) is 7.11 Å². The van der Waals surface area contributed by atoms with Gasteiger partial charge in [-0.2, -0.15) is 0 Å². The second-order valence-electron chi connectivity index (χ2n) is 6.70. The van der Waals surface area contributed by atoms with Crippen LogP contribution in [-0.2, 0) is 13.2 Å². The molecule has 3 rings (SSSR count). The molecule has 0 aliphatic carbocycles. The zero-order chi connectivity index (χ0) is 20.1. The lowest BCUT2D eigenvalue weighted by atomic mass is 10.1. The third-order valence-electron chi connectivity index (χ3n) is 4.46. The molecule has 3 nitrogen and oxygen atoms in total. The molecule has 146 valence electrons. The average Bonchev–Trinajstić information content (AvgIpc) is 2.67. The number of nitrogens with one attached hydrogen (secondary N) is 1. The summed E-state index contributed by atoms with van der Waals surface area (Å²) < 4.78 is 13.8. The largest absolute Gasteiger partial charge is 0.493 e. The van der Waals surface area contributed by atoms with E-state index in [2.05, 4.69) is 100 Å². The molecule has 1 N–H and O–H groups in total. The van der Waals surface area contributed by atoms with Crippen molar-refractivity contribution >= 4 is 44.2 Å². The summed E-state index contributed by atoms with van der Waals surface area (Å²) in [7, 11) is 1.68.